The van der Waals surface area contributed by atoms with E-state index in [2.05, 4.69) is 34.6 Å². The molecule has 0 radical (unpaired) electrons. The molecule has 1 aromatic heterocycles. The summed E-state index contributed by atoms with van der Waals surface area (Å²) in [5, 5.41) is 4.52. The molecule has 1 aliphatic carbocycles. The number of aromatic amines is 1. The summed E-state index contributed by atoms with van der Waals surface area (Å²) in [5.41, 5.74) is 4.88. The highest BCUT2D eigenvalue weighted by atomic mass is 19.1. The van der Waals surface area contributed by atoms with Crippen molar-refractivity contribution in [3.05, 3.63) is 71.2 Å². The molecule has 4 rings (SSSR count). The van der Waals surface area contributed by atoms with Crippen LogP contribution in [0.15, 0.2) is 48.7 Å². The van der Waals surface area contributed by atoms with Crippen molar-refractivity contribution in [3.8, 4) is 0 Å². The standard InChI is InChI=1S/C18H17FN2/c1-20-17-9-15(12-4-2-3-5-13(12)17)16-10-21-18-8-11(19)6-7-14(16)18/h2-8,10,15,17,20-21H,9H2,1H3. The van der Waals surface area contributed by atoms with Crippen molar-refractivity contribution in [2.24, 2.45) is 0 Å². The number of fused-ring (bicyclic) bond motifs is 2. The van der Waals surface area contributed by atoms with Gasteiger partial charge in [-0.05, 0) is 48.4 Å². The second kappa shape index (κ2) is 4.71. The molecule has 0 saturated carbocycles. The first-order chi connectivity index (χ1) is 10.3. The highest BCUT2D eigenvalue weighted by molar-refractivity contribution is 5.84. The number of hydrogen-bond acceptors (Lipinski definition) is 1. The largest absolute Gasteiger partial charge is 0.361 e. The van der Waals surface area contributed by atoms with E-state index < -0.39 is 0 Å². The molecule has 1 heterocycles. The molecule has 0 bridgehead atoms. The van der Waals surface area contributed by atoms with Crippen LogP contribution in [-0.2, 0) is 0 Å². The number of H-pyrrole nitrogens is 1. The van der Waals surface area contributed by atoms with Gasteiger partial charge < -0.3 is 10.3 Å². The van der Waals surface area contributed by atoms with E-state index in [9.17, 15) is 4.39 Å². The van der Waals surface area contributed by atoms with E-state index in [-0.39, 0.29) is 5.82 Å². The van der Waals surface area contributed by atoms with Gasteiger partial charge in [-0.25, -0.2) is 4.39 Å². The third-order valence-electron chi connectivity index (χ3n) is 4.62. The average molecular weight is 280 g/mol. The molecule has 2 atom stereocenters. The fourth-order valence-corrected chi connectivity index (χ4v) is 3.61. The molecular weight excluding hydrogens is 263 g/mol. The van der Waals surface area contributed by atoms with Crippen LogP contribution in [0.1, 0.15) is 35.1 Å². The van der Waals surface area contributed by atoms with E-state index in [4.69, 9.17) is 0 Å². The Morgan fingerprint density at radius 1 is 1.10 bits per heavy atom. The Bertz CT molecular complexity index is 806. The summed E-state index contributed by atoms with van der Waals surface area (Å²) in [4.78, 5) is 3.21. The van der Waals surface area contributed by atoms with Gasteiger partial charge in [0, 0.05) is 29.1 Å². The van der Waals surface area contributed by atoms with Gasteiger partial charge in [-0.1, -0.05) is 24.3 Å². The van der Waals surface area contributed by atoms with E-state index in [1.54, 1.807) is 6.07 Å². The summed E-state index contributed by atoms with van der Waals surface area (Å²) in [6.07, 6.45) is 3.07. The summed E-state index contributed by atoms with van der Waals surface area (Å²) in [7, 11) is 2.01. The topological polar surface area (TPSA) is 27.8 Å². The van der Waals surface area contributed by atoms with Crippen molar-refractivity contribution in [2.45, 2.75) is 18.4 Å². The lowest BCUT2D eigenvalue weighted by molar-refractivity contribution is 0.566. The number of rotatable bonds is 2. The van der Waals surface area contributed by atoms with Crippen LogP contribution in [0.25, 0.3) is 10.9 Å². The van der Waals surface area contributed by atoms with Gasteiger partial charge in [0.15, 0.2) is 0 Å². The minimum absolute atomic E-state index is 0.198. The number of nitrogens with one attached hydrogen (secondary N) is 2. The van der Waals surface area contributed by atoms with Crippen LogP contribution in [0.4, 0.5) is 4.39 Å². The Labute approximate surface area is 123 Å². The predicted octanol–water partition coefficient (Wildman–Crippen LogP) is 4.10. The summed E-state index contributed by atoms with van der Waals surface area (Å²) in [6, 6.07) is 14.0. The molecule has 3 heteroatoms. The van der Waals surface area contributed by atoms with E-state index in [0.29, 0.717) is 12.0 Å². The van der Waals surface area contributed by atoms with Gasteiger partial charge in [0.25, 0.3) is 0 Å². The molecule has 2 unspecified atom stereocenters. The first-order valence-electron chi connectivity index (χ1n) is 7.30. The zero-order chi connectivity index (χ0) is 14.4. The number of benzene rings is 2. The lowest BCUT2D eigenvalue weighted by Crippen LogP contribution is -2.13. The molecule has 2 nitrogen and oxygen atoms in total. The molecule has 0 saturated heterocycles. The smallest absolute Gasteiger partial charge is 0.125 e. The minimum Gasteiger partial charge on any atom is -0.361 e. The van der Waals surface area contributed by atoms with Gasteiger partial charge in [-0.15, -0.1) is 0 Å². The van der Waals surface area contributed by atoms with Crippen LogP contribution < -0.4 is 5.32 Å². The molecule has 0 fully saturated rings. The SMILES string of the molecule is CNC1CC(c2c[nH]c3cc(F)ccc23)c2ccccc21. The maximum atomic E-state index is 13.3. The first kappa shape index (κ1) is 12.6. The summed E-state index contributed by atoms with van der Waals surface area (Å²) < 4.78 is 13.3. The highest BCUT2D eigenvalue weighted by Gasteiger charge is 2.31. The van der Waals surface area contributed by atoms with Gasteiger partial charge in [-0.2, -0.15) is 0 Å². The van der Waals surface area contributed by atoms with Gasteiger partial charge in [-0.3, -0.25) is 0 Å². The zero-order valence-corrected chi connectivity index (χ0v) is 11.9. The minimum atomic E-state index is -0.198. The predicted molar refractivity (Wildman–Crippen MR) is 83.0 cm³/mol. The lowest BCUT2D eigenvalue weighted by atomic mass is 9.92. The quantitative estimate of drug-likeness (QED) is 0.726. The van der Waals surface area contributed by atoms with E-state index >= 15 is 0 Å². The Hall–Kier alpha value is -2.13. The molecule has 21 heavy (non-hydrogen) atoms. The van der Waals surface area contributed by atoms with E-state index in [0.717, 1.165) is 17.3 Å². The Balaban J connectivity index is 1.86. The van der Waals surface area contributed by atoms with Crippen LogP contribution in [-0.4, -0.2) is 12.0 Å². The second-order valence-electron chi connectivity index (χ2n) is 5.69. The fourth-order valence-electron chi connectivity index (χ4n) is 3.61. The molecule has 0 amide bonds. The van der Waals surface area contributed by atoms with Crippen LogP contribution >= 0.6 is 0 Å². The van der Waals surface area contributed by atoms with E-state index in [1.165, 1.54) is 22.8 Å². The molecule has 2 aromatic carbocycles. The van der Waals surface area contributed by atoms with Gasteiger partial charge in [0.2, 0.25) is 0 Å². The molecule has 3 aromatic rings. The highest BCUT2D eigenvalue weighted by Crippen LogP contribution is 2.45. The third kappa shape index (κ3) is 1.88. The number of halogens is 1. The van der Waals surface area contributed by atoms with Crippen molar-refractivity contribution in [1.29, 1.82) is 0 Å². The first-order valence-corrected chi connectivity index (χ1v) is 7.30. The Morgan fingerprint density at radius 3 is 2.71 bits per heavy atom. The zero-order valence-electron chi connectivity index (χ0n) is 11.9. The normalized spacial score (nSPS) is 20.9. The molecular formula is C18H17FN2. The Morgan fingerprint density at radius 2 is 1.90 bits per heavy atom. The Kier molecular flexibility index (Phi) is 2.82. The maximum absolute atomic E-state index is 13.3. The van der Waals surface area contributed by atoms with Gasteiger partial charge in [0.05, 0.1) is 0 Å². The summed E-state index contributed by atoms with van der Waals surface area (Å²) in [6.45, 7) is 0. The maximum Gasteiger partial charge on any atom is 0.125 e. The number of hydrogen-bond donors (Lipinski definition) is 2. The van der Waals surface area contributed by atoms with Crippen LogP contribution in [0.5, 0.6) is 0 Å². The second-order valence-corrected chi connectivity index (χ2v) is 5.69. The van der Waals surface area contributed by atoms with Crippen molar-refractivity contribution in [2.75, 3.05) is 7.05 Å². The van der Waals surface area contributed by atoms with Crippen LogP contribution in [0.2, 0.25) is 0 Å². The number of aromatic nitrogens is 1. The van der Waals surface area contributed by atoms with Crippen molar-refractivity contribution < 1.29 is 4.39 Å². The van der Waals surface area contributed by atoms with Crippen LogP contribution in [0, 0.1) is 5.82 Å². The van der Waals surface area contributed by atoms with Gasteiger partial charge >= 0.3 is 0 Å². The van der Waals surface area contributed by atoms with Crippen molar-refractivity contribution in [1.82, 2.24) is 10.3 Å². The van der Waals surface area contributed by atoms with Crippen molar-refractivity contribution in [3.63, 3.8) is 0 Å². The monoisotopic (exact) mass is 280 g/mol. The summed E-state index contributed by atoms with van der Waals surface area (Å²) in [5.74, 6) is 0.161. The van der Waals surface area contributed by atoms with Crippen LogP contribution in [0.3, 0.4) is 0 Å². The fraction of sp³-hybridized carbons (Fsp3) is 0.222. The van der Waals surface area contributed by atoms with E-state index in [1.807, 2.05) is 19.3 Å². The third-order valence-corrected chi connectivity index (χ3v) is 4.62. The van der Waals surface area contributed by atoms with Gasteiger partial charge in [0.1, 0.15) is 5.82 Å². The summed E-state index contributed by atoms with van der Waals surface area (Å²) >= 11 is 0. The molecule has 0 aliphatic heterocycles. The molecule has 1 aliphatic rings. The lowest BCUT2D eigenvalue weighted by Gasteiger charge is -2.11. The average Bonchev–Trinajstić information content (AvgIpc) is 3.07. The molecule has 2 N–H and O–H groups in total. The molecule has 106 valence electrons. The molecule has 0 spiro atoms. The van der Waals surface area contributed by atoms with Crippen molar-refractivity contribution >= 4 is 10.9 Å².